The molecule has 1 unspecified atom stereocenters. The summed E-state index contributed by atoms with van der Waals surface area (Å²) in [6.45, 7) is 3.28. The molecule has 24 heavy (non-hydrogen) atoms. The number of nitrogens with one attached hydrogen (secondary N) is 1. The van der Waals surface area contributed by atoms with Gasteiger partial charge >= 0.3 is 0 Å². The summed E-state index contributed by atoms with van der Waals surface area (Å²) in [4.78, 5) is 31.0. The molecule has 1 amide bonds. The van der Waals surface area contributed by atoms with Crippen LogP contribution in [0.5, 0.6) is 0 Å². The molecule has 0 aliphatic carbocycles. The first kappa shape index (κ1) is 14.8. The highest BCUT2D eigenvalue weighted by molar-refractivity contribution is 5.92. The number of benzene rings is 1. The highest BCUT2D eigenvalue weighted by Gasteiger charge is 2.28. The highest BCUT2D eigenvalue weighted by Crippen LogP contribution is 2.27. The van der Waals surface area contributed by atoms with Crippen molar-refractivity contribution in [3.63, 3.8) is 0 Å². The van der Waals surface area contributed by atoms with Crippen molar-refractivity contribution in [3.05, 3.63) is 53.9 Å². The molecule has 1 aliphatic heterocycles. The van der Waals surface area contributed by atoms with Crippen LogP contribution in [0.15, 0.2) is 36.7 Å². The van der Waals surface area contributed by atoms with E-state index in [-0.39, 0.29) is 11.8 Å². The van der Waals surface area contributed by atoms with E-state index in [1.54, 1.807) is 12.4 Å². The van der Waals surface area contributed by atoms with Crippen LogP contribution in [-0.2, 0) is 0 Å². The number of hydrogen-bond donors (Lipinski definition) is 1. The number of aryl methyl sites for hydroxylation is 1. The van der Waals surface area contributed by atoms with Crippen LogP contribution in [-0.4, -0.2) is 43.8 Å². The van der Waals surface area contributed by atoms with Gasteiger partial charge in [-0.2, -0.15) is 0 Å². The second kappa shape index (κ2) is 6.03. The second-order valence-corrected chi connectivity index (χ2v) is 6.27. The largest absolute Gasteiger partial charge is 0.342 e. The first-order valence-electron chi connectivity index (χ1n) is 8.23. The van der Waals surface area contributed by atoms with Gasteiger partial charge in [0.25, 0.3) is 5.91 Å². The van der Waals surface area contributed by atoms with Crippen molar-refractivity contribution in [2.75, 3.05) is 13.1 Å². The van der Waals surface area contributed by atoms with Crippen LogP contribution in [0.2, 0.25) is 0 Å². The molecule has 6 heteroatoms. The molecule has 2 aromatic heterocycles. The third-order valence-electron chi connectivity index (χ3n) is 4.50. The number of imidazole rings is 1. The molecule has 3 aromatic rings. The number of likely N-dealkylation sites (tertiary alicyclic amines) is 1. The fourth-order valence-corrected chi connectivity index (χ4v) is 3.22. The predicted molar refractivity (Wildman–Crippen MR) is 90.7 cm³/mol. The molecule has 0 saturated carbocycles. The Balaban J connectivity index is 1.54. The summed E-state index contributed by atoms with van der Waals surface area (Å²) in [5.74, 6) is 1.14. The van der Waals surface area contributed by atoms with Crippen LogP contribution in [0.3, 0.4) is 0 Å². The lowest BCUT2D eigenvalue weighted by Crippen LogP contribution is -2.39. The quantitative estimate of drug-likeness (QED) is 0.787. The van der Waals surface area contributed by atoms with E-state index >= 15 is 0 Å². The van der Waals surface area contributed by atoms with Gasteiger partial charge in [0.2, 0.25) is 0 Å². The van der Waals surface area contributed by atoms with Gasteiger partial charge in [-0.05, 0) is 31.9 Å². The van der Waals surface area contributed by atoms with Crippen molar-refractivity contribution < 1.29 is 4.79 Å². The van der Waals surface area contributed by atoms with Crippen LogP contribution in [0, 0.1) is 6.92 Å². The standard InChI is InChI=1S/C18H19N5O/c1-12-9-20-16(10-19-12)18(24)23-8-4-5-13(11-23)17-21-14-6-2-3-7-15(14)22-17/h2-3,6-7,9-10,13H,4-5,8,11H2,1H3,(H,21,22). The maximum Gasteiger partial charge on any atom is 0.274 e. The minimum absolute atomic E-state index is 0.0525. The maximum atomic E-state index is 12.7. The zero-order valence-corrected chi connectivity index (χ0v) is 13.6. The van der Waals surface area contributed by atoms with Crippen molar-refractivity contribution in [2.45, 2.75) is 25.7 Å². The van der Waals surface area contributed by atoms with E-state index in [2.05, 4.69) is 15.0 Å². The van der Waals surface area contributed by atoms with Crippen LogP contribution in [0.4, 0.5) is 0 Å². The van der Waals surface area contributed by atoms with Gasteiger partial charge in [-0.25, -0.2) is 9.97 Å². The molecule has 1 fully saturated rings. The number of aromatic nitrogens is 4. The molecule has 1 aliphatic rings. The lowest BCUT2D eigenvalue weighted by Gasteiger charge is -2.31. The SMILES string of the molecule is Cc1cnc(C(=O)N2CCCC(c3nc4ccccc4[nH]3)C2)cn1. The van der Waals surface area contributed by atoms with Crippen LogP contribution >= 0.6 is 0 Å². The van der Waals surface area contributed by atoms with Crippen molar-refractivity contribution >= 4 is 16.9 Å². The van der Waals surface area contributed by atoms with E-state index in [1.165, 1.54) is 0 Å². The Morgan fingerprint density at radius 1 is 1.25 bits per heavy atom. The van der Waals surface area contributed by atoms with Gasteiger partial charge in [-0.1, -0.05) is 12.1 Å². The number of carbonyl (C=O) groups is 1. The summed E-state index contributed by atoms with van der Waals surface area (Å²) in [6.07, 6.45) is 5.19. The van der Waals surface area contributed by atoms with E-state index in [0.717, 1.165) is 41.9 Å². The zero-order chi connectivity index (χ0) is 16.5. The molecule has 1 saturated heterocycles. The van der Waals surface area contributed by atoms with Gasteiger partial charge in [-0.3, -0.25) is 9.78 Å². The number of piperidine rings is 1. The molecule has 0 spiro atoms. The van der Waals surface area contributed by atoms with Crippen LogP contribution in [0.1, 0.15) is 40.8 Å². The summed E-state index contributed by atoms with van der Waals surface area (Å²) in [5.41, 5.74) is 3.23. The number of aromatic amines is 1. The van der Waals surface area contributed by atoms with Crippen molar-refractivity contribution in [1.29, 1.82) is 0 Å². The summed E-state index contributed by atoms with van der Waals surface area (Å²) < 4.78 is 0. The molecule has 6 nitrogen and oxygen atoms in total. The Bertz CT molecular complexity index is 838. The van der Waals surface area contributed by atoms with E-state index < -0.39 is 0 Å². The first-order valence-corrected chi connectivity index (χ1v) is 8.23. The third kappa shape index (κ3) is 2.75. The molecule has 1 N–H and O–H groups in total. The Hall–Kier alpha value is -2.76. The topological polar surface area (TPSA) is 74.8 Å². The van der Waals surface area contributed by atoms with Gasteiger partial charge in [-0.15, -0.1) is 0 Å². The van der Waals surface area contributed by atoms with Gasteiger partial charge in [0.1, 0.15) is 11.5 Å². The Kier molecular flexibility index (Phi) is 3.72. The van der Waals surface area contributed by atoms with E-state index in [9.17, 15) is 4.79 Å². The number of para-hydroxylation sites is 2. The number of rotatable bonds is 2. The Morgan fingerprint density at radius 2 is 2.12 bits per heavy atom. The molecule has 1 atom stereocenters. The molecule has 4 rings (SSSR count). The Labute approximate surface area is 140 Å². The molecule has 122 valence electrons. The van der Waals surface area contributed by atoms with Gasteiger partial charge < -0.3 is 9.88 Å². The fraction of sp³-hybridized carbons (Fsp3) is 0.333. The molecule has 0 bridgehead atoms. The molecule has 1 aromatic carbocycles. The monoisotopic (exact) mass is 321 g/mol. The number of hydrogen-bond acceptors (Lipinski definition) is 4. The minimum Gasteiger partial charge on any atom is -0.342 e. The summed E-state index contributed by atoms with van der Waals surface area (Å²) in [6, 6.07) is 8.01. The van der Waals surface area contributed by atoms with Gasteiger partial charge in [0.15, 0.2) is 0 Å². The maximum absolute atomic E-state index is 12.7. The van der Waals surface area contributed by atoms with E-state index in [4.69, 9.17) is 4.98 Å². The number of nitrogens with zero attached hydrogens (tertiary/aromatic N) is 4. The third-order valence-corrected chi connectivity index (χ3v) is 4.50. The molecular weight excluding hydrogens is 302 g/mol. The lowest BCUT2D eigenvalue weighted by atomic mass is 9.97. The predicted octanol–water partition coefficient (Wildman–Crippen LogP) is 2.68. The molecule has 3 heterocycles. The smallest absolute Gasteiger partial charge is 0.274 e. The number of amides is 1. The Morgan fingerprint density at radius 3 is 2.92 bits per heavy atom. The van der Waals surface area contributed by atoms with Crippen LogP contribution < -0.4 is 0 Å². The summed E-state index contributed by atoms with van der Waals surface area (Å²) in [7, 11) is 0. The van der Waals surface area contributed by atoms with Gasteiger partial charge in [0, 0.05) is 25.2 Å². The van der Waals surface area contributed by atoms with Crippen molar-refractivity contribution in [2.24, 2.45) is 0 Å². The second-order valence-electron chi connectivity index (χ2n) is 6.27. The highest BCUT2D eigenvalue weighted by atomic mass is 16.2. The molecular formula is C18H19N5O. The molecule has 0 radical (unpaired) electrons. The zero-order valence-electron chi connectivity index (χ0n) is 13.6. The van der Waals surface area contributed by atoms with Gasteiger partial charge in [0.05, 0.1) is 22.9 Å². The van der Waals surface area contributed by atoms with E-state index in [0.29, 0.717) is 12.2 Å². The lowest BCUT2D eigenvalue weighted by molar-refractivity contribution is 0.0698. The van der Waals surface area contributed by atoms with Crippen molar-refractivity contribution in [1.82, 2.24) is 24.8 Å². The average Bonchev–Trinajstić information content (AvgIpc) is 3.06. The fourth-order valence-electron chi connectivity index (χ4n) is 3.22. The summed E-state index contributed by atoms with van der Waals surface area (Å²) >= 11 is 0. The average molecular weight is 321 g/mol. The summed E-state index contributed by atoms with van der Waals surface area (Å²) in [5, 5.41) is 0. The number of carbonyl (C=O) groups excluding carboxylic acids is 1. The normalized spacial score (nSPS) is 18.0. The van der Waals surface area contributed by atoms with Crippen LogP contribution in [0.25, 0.3) is 11.0 Å². The number of H-pyrrole nitrogens is 1. The van der Waals surface area contributed by atoms with Crippen molar-refractivity contribution in [3.8, 4) is 0 Å². The minimum atomic E-state index is -0.0525. The number of fused-ring (bicyclic) bond motifs is 1. The first-order chi connectivity index (χ1) is 11.7. The van der Waals surface area contributed by atoms with E-state index in [1.807, 2.05) is 36.1 Å².